The molecule has 1 amide bonds. The summed E-state index contributed by atoms with van der Waals surface area (Å²) in [4.78, 5) is 12.3. The molecule has 1 fully saturated rings. The maximum Gasteiger partial charge on any atom is 0.251 e. The van der Waals surface area contributed by atoms with Crippen LogP contribution in [-0.2, 0) is 6.42 Å². The summed E-state index contributed by atoms with van der Waals surface area (Å²) in [5.74, 6) is -0.0764. The van der Waals surface area contributed by atoms with Gasteiger partial charge in [0.15, 0.2) is 0 Å². The first-order valence-electron chi connectivity index (χ1n) is 7.03. The molecular weight excluding hydrogens is 240 g/mol. The van der Waals surface area contributed by atoms with Crippen LogP contribution in [-0.4, -0.2) is 29.7 Å². The lowest BCUT2D eigenvalue weighted by Gasteiger charge is -2.28. The monoisotopic (exact) mass is 260 g/mol. The van der Waals surface area contributed by atoms with E-state index in [2.05, 4.69) is 10.6 Å². The minimum Gasteiger partial charge on any atom is -0.394 e. The highest BCUT2D eigenvalue weighted by atomic mass is 16.3. The van der Waals surface area contributed by atoms with Crippen LogP contribution < -0.4 is 10.6 Å². The predicted molar refractivity (Wildman–Crippen MR) is 74.4 cm³/mol. The number of carbonyl (C=O) groups excluding carboxylic acids is 1. The first-order valence-corrected chi connectivity index (χ1v) is 7.03. The first-order chi connectivity index (χ1) is 9.22. The fourth-order valence-corrected chi connectivity index (χ4v) is 3.12. The number of anilines is 1. The van der Waals surface area contributed by atoms with Crippen molar-refractivity contribution in [2.24, 2.45) is 0 Å². The third kappa shape index (κ3) is 2.32. The highest BCUT2D eigenvalue weighted by molar-refractivity contribution is 5.96. The molecule has 2 aliphatic rings. The van der Waals surface area contributed by atoms with Crippen LogP contribution in [0.2, 0.25) is 0 Å². The number of benzene rings is 1. The van der Waals surface area contributed by atoms with Crippen LogP contribution in [0, 0.1) is 0 Å². The van der Waals surface area contributed by atoms with Gasteiger partial charge in [0, 0.05) is 17.8 Å². The average Bonchev–Trinajstić information content (AvgIpc) is 3.06. The maximum atomic E-state index is 12.3. The summed E-state index contributed by atoms with van der Waals surface area (Å²) in [6.07, 6.45) is 4.92. The largest absolute Gasteiger partial charge is 0.394 e. The van der Waals surface area contributed by atoms with Gasteiger partial charge < -0.3 is 15.7 Å². The summed E-state index contributed by atoms with van der Waals surface area (Å²) in [5.41, 5.74) is 2.61. The Balaban J connectivity index is 1.77. The number of nitrogens with one attached hydrogen (secondary N) is 2. The van der Waals surface area contributed by atoms with E-state index in [0.29, 0.717) is 5.56 Å². The molecule has 1 heterocycles. The van der Waals surface area contributed by atoms with Gasteiger partial charge in [-0.2, -0.15) is 0 Å². The number of carbonyl (C=O) groups is 1. The molecule has 19 heavy (non-hydrogen) atoms. The summed E-state index contributed by atoms with van der Waals surface area (Å²) in [5, 5.41) is 15.9. The van der Waals surface area contributed by atoms with E-state index in [4.69, 9.17) is 0 Å². The van der Waals surface area contributed by atoms with Crippen molar-refractivity contribution in [3.63, 3.8) is 0 Å². The Bertz CT molecular complexity index is 493. The molecule has 3 N–H and O–H groups in total. The number of amides is 1. The number of aliphatic hydroxyl groups excluding tert-OH is 1. The zero-order valence-electron chi connectivity index (χ0n) is 11.0. The third-order valence-corrected chi connectivity index (χ3v) is 4.32. The molecule has 0 bridgehead atoms. The fraction of sp³-hybridized carbons (Fsp3) is 0.533. The maximum absolute atomic E-state index is 12.3. The Morgan fingerprint density at radius 3 is 2.89 bits per heavy atom. The Morgan fingerprint density at radius 1 is 1.37 bits per heavy atom. The van der Waals surface area contributed by atoms with Crippen LogP contribution >= 0.6 is 0 Å². The van der Waals surface area contributed by atoms with Crippen LogP contribution in [0.5, 0.6) is 0 Å². The van der Waals surface area contributed by atoms with Gasteiger partial charge in [-0.15, -0.1) is 0 Å². The van der Waals surface area contributed by atoms with Gasteiger partial charge in [-0.3, -0.25) is 4.79 Å². The molecule has 0 aromatic heterocycles. The Kier molecular flexibility index (Phi) is 3.19. The molecule has 0 radical (unpaired) electrons. The normalized spacial score (nSPS) is 19.8. The highest BCUT2D eigenvalue weighted by Crippen LogP contribution is 2.30. The summed E-state index contributed by atoms with van der Waals surface area (Å²) in [7, 11) is 0. The molecule has 1 aromatic carbocycles. The second-order valence-corrected chi connectivity index (χ2v) is 5.65. The van der Waals surface area contributed by atoms with Gasteiger partial charge in [-0.1, -0.05) is 18.9 Å². The van der Waals surface area contributed by atoms with Crippen LogP contribution in [0.15, 0.2) is 18.2 Å². The van der Waals surface area contributed by atoms with Gasteiger partial charge in [0.05, 0.1) is 12.1 Å². The van der Waals surface area contributed by atoms with E-state index in [9.17, 15) is 9.90 Å². The van der Waals surface area contributed by atoms with Crippen molar-refractivity contribution < 1.29 is 9.90 Å². The van der Waals surface area contributed by atoms with Gasteiger partial charge in [0.25, 0.3) is 5.91 Å². The van der Waals surface area contributed by atoms with Crippen LogP contribution in [0.3, 0.4) is 0 Å². The van der Waals surface area contributed by atoms with Crippen LogP contribution in [0.1, 0.15) is 41.6 Å². The van der Waals surface area contributed by atoms with E-state index in [1.54, 1.807) is 0 Å². The quantitative estimate of drug-likeness (QED) is 0.775. The van der Waals surface area contributed by atoms with E-state index in [-0.39, 0.29) is 12.5 Å². The summed E-state index contributed by atoms with van der Waals surface area (Å²) >= 11 is 0. The van der Waals surface area contributed by atoms with Gasteiger partial charge in [-0.25, -0.2) is 0 Å². The molecule has 0 saturated heterocycles. The van der Waals surface area contributed by atoms with Gasteiger partial charge in [0.1, 0.15) is 0 Å². The zero-order chi connectivity index (χ0) is 13.3. The molecule has 3 rings (SSSR count). The van der Waals surface area contributed by atoms with Crippen molar-refractivity contribution in [2.75, 3.05) is 18.5 Å². The second kappa shape index (κ2) is 4.85. The zero-order valence-corrected chi connectivity index (χ0v) is 11.0. The summed E-state index contributed by atoms with van der Waals surface area (Å²) < 4.78 is 0. The molecule has 1 saturated carbocycles. The van der Waals surface area contributed by atoms with Gasteiger partial charge >= 0.3 is 0 Å². The minimum atomic E-state index is -0.399. The van der Waals surface area contributed by atoms with Crippen LogP contribution in [0.25, 0.3) is 0 Å². The number of rotatable bonds is 3. The minimum absolute atomic E-state index is 0.0297. The van der Waals surface area contributed by atoms with Crippen molar-refractivity contribution in [2.45, 2.75) is 37.6 Å². The van der Waals surface area contributed by atoms with Crippen molar-refractivity contribution in [3.05, 3.63) is 29.3 Å². The van der Waals surface area contributed by atoms with E-state index in [1.807, 2.05) is 18.2 Å². The van der Waals surface area contributed by atoms with Gasteiger partial charge in [-0.05, 0) is 37.0 Å². The molecule has 1 aliphatic heterocycles. The Morgan fingerprint density at radius 2 is 2.16 bits per heavy atom. The third-order valence-electron chi connectivity index (χ3n) is 4.32. The molecular formula is C15H20N2O2. The lowest BCUT2D eigenvalue weighted by Crippen LogP contribution is -2.49. The average molecular weight is 260 g/mol. The highest BCUT2D eigenvalue weighted by Gasteiger charge is 2.34. The SMILES string of the molecule is O=C(NC1(CO)CCCC1)c1ccc2c(c1)NCC2. The standard InChI is InChI=1S/C15H20N2O2/c18-10-15(6-1-2-7-15)17-14(19)12-4-3-11-5-8-16-13(11)9-12/h3-4,9,16,18H,1-2,5-8,10H2,(H,17,19). The van der Waals surface area contributed by atoms with Crippen molar-refractivity contribution in [1.82, 2.24) is 5.32 Å². The number of fused-ring (bicyclic) bond motifs is 1. The molecule has 1 aromatic rings. The number of hydrogen-bond acceptors (Lipinski definition) is 3. The molecule has 102 valence electrons. The number of hydrogen-bond donors (Lipinski definition) is 3. The summed E-state index contributed by atoms with van der Waals surface area (Å²) in [6.45, 7) is 0.975. The molecule has 4 heteroatoms. The lowest BCUT2D eigenvalue weighted by atomic mass is 9.98. The molecule has 0 unspecified atom stereocenters. The van der Waals surface area contributed by atoms with Crippen LogP contribution in [0.4, 0.5) is 5.69 Å². The van der Waals surface area contributed by atoms with Gasteiger partial charge in [0.2, 0.25) is 0 Å². The fourth-order valence-electron chi connectivity index (χ4n) is 3.12. The molecule has 0 spiro atoms. The molecule has 0 atom stereocenters. The van der Waals surface area contributed by atoms with E-state index < -0.39 is 5.54 Å². The number of aliphatic hydroxyl groups is 1. The van der Waals surface area contributed by atoms with E-state index in [1.165, 1.54) is 5.56 Å². The van der Waals surface area contributed by atoms with E-state index >= 15 is 0 Å². The molecule has 4 nitrogen and oxygen atoms in total. The Labute approximate surface area is 113 Å². The predicted octanol–water partition coefficient (Wildman–Crippen LogP) is 1.69. The summed E-state index contributed by atoms with van der Waals surface area (Å²) in [6, 6.07) is 5.81. The second-order valence-electron chi connectivity index (χ2n) is 5.65. The van der Waals surface area contributed by atoms with Crippen molar-refractivity contribution in [3.8, 4) is 0 Å². The topological polar surface area (TPSA) is 61.4 Å². The van der Waals surface area contributed by atoms with Crippen molar-refractivity contribution in [1.29, 1.82) is 0 Å². The Hall–Kier alpha value is -1.55. The van der Waals surface area contributed by atoms with E-state index in [0.717, 1.165) is 44.3 Å². The molecule has 1 aliphatic carbocycles. The first kappa shape index (κ1) is 12.5. The smallest absolute Gasteiger partial charge is 0.251 e. The lowest BCUT2D eigenvalue weighted by molar-refractivity contribution is 0.0838. The van der Waals surface area contributed by atoms with Crippen molar-refractivity contribution >= 4 is 11.6 Å².